The average Bonchev–Trinajstić information content (AvgIpc) is 3.12. The number of rotatable bonds is 7. The molecule has 5 nitrogen and oxygen atoms in total. The number of nitrogens with one attached hydrogen (secondary N) is 1. The van der Waals surface area contributed by atoms with Crippen molar-refractivity contribution in [3.63, 3.8) is 0 Å². The van der Waals surface area contributed by atoms with E-state index in [4.69, 9.17) is 0 Å². The Morgan fingerprint density at radius 2 is 1.91 bits per heavy atom. The predicted octanol–water partition coefficient (Wildman–Crippen LogP) is 6.15. The summed E-state index contributed by atoms with van der Waals surface area (Å²) >= 11 is 0. The normalized spacial score (nSPS) is 19.9. The first-order chi connectivity index (χ1) is 15.5. The van der Waals surface area contributed by atoms with Gasteiger partial charge in [-0.15, -0.1) is 0 Å². The van der Waals surface area contributed by atoms with Crippen LogP contribution in [0.1, 0.15) is 70.4 Å². The lowest BCUT2D eigenvalue weighted by Crippen LogP contribution is -2.27. The van der Waals surface area contributed by atoms with Gasteiger partial charge in [0, 0.05) is 18.5 Å². The third-order valence-electron chi connectivity index (χ3n) is 6.66. The van der Waals surface area contributed by atoms with Gasteiger partial charge in [0.05, 0.1) is 6.33 Å². The number of imidazole rings is 1. The van der Waals surface area contributed by atoms with Crippen LogP contribution >= 0.6 is 0 Å². The fourth-order valence-electron chi connectivity index (χ4n) is 4.83. The molecule has 1 N–H and O–H groups in total. The van der Waals surface area contributed by atoms with Gasteiger partial charge in [-0.05, 0) is 47.6 Å². The molecule has 2 aromatic carbocycles. The zero-order valence-electron chi connectivity index (χ0n) is 19.1. The van der Waals surface area contributed by atoms with Gasteiger partial charge in [0.15, 0.2) is 11.6 Å². The van der Waals surface area contributed by atoms with Crippen molar-refractivity contribution in [2.24, 2.45) is 11.8 Å². The SMILES string of the molecule is CCCC(=O)Nc1cn(C(C(=O)C2CCCC(C)CC2)c2ccc3ccccc3c2)cn1. The van der Waals surface area contributed by atoms with Gasteiger partial charge in [0.25, 0.3) is 0 Å². The van der Waals surface area contributed by atoms with E-state index in [-0.39, 0.29) is 17.6 Å². The van der Waals surface area contributed by atoms with Gasteiger partial charge < -0.3 is 9.88 Å². The molecule has 0 spiro atoms. The van der Waals surface area contributed by atoms with Crippen LogP contribution in [0.3, 0.4) is 0 Å². The molecule has 0 aliphatic heterocycles. The summed E-state index contributed by atoms with van der Waals surface area (Å²) in [4.78, 5) is 30.3. The van der Waals surface area contributed by atoms with Gasteiger partial charge in [0.1, 0.15) is 6.04 Å². The largest absolute Gasteiger partial charge is 0.321 e. The number of hydrogen-bond acceptors (Lipinski definition) is 3. The molecule has 0 bridgehead atoms. The monoisotopic (exact) mass is 431 g/mol. The number of benzene rings is 2. The molecule has 168 valence electrons. The Hall–Kier alpha value is -2.95. The van der Waals surface area contributed by atoms with Gasteiger partial charge >= 0.3 is 0 Å². The highest BCUT2D eigenvalue weighted by Crippen LogP contribution is 2.34. The Morgan fingerprint density at radius 1 is 1.09 bits per heavy atom. The van der Waals surface area contributed by atoms with E-state index in [1.807, 2.05) is 23.6 Å². The third kappa shape index (κ3) is 5.09. The van der Waals surface area contributed by atoms with E-state index in [9.17, 15) is 9.59 Å². The number of carbonyl (C=O) groups is 2. The van der Waals surface area contributed by atoms with Crippen molar-refractivity contribution in [3.8, 4) is 0 Å². The summed E-state index contributed by atoms with van der Waals surface area (Å²) in [6.45, 7) is 4.26. The van der Waals surface area contributed by atoms with Gasteiger partial charge in [-0.25, -0.2) is 4.98 Å². The molecule has 32 heavy (non-hydrogen) atoms. The number of anilines is 1. The molecule has 1 amide bonds. The predicted molar refractivity (Wildman–Crippen MR) is 129 cm³/mol. The number of nitrogens with zero attached hydrogens (tertiary/aromatic N) is 2. The van der Waals surface area contributed by atoms with Crippen LogP contribution in [-0.4, -0.2) is 21.2 Å². The molecular weight excluding hydrogens is 398 g/mol. The smallest absolute Gasteiger partial charge is 0.225 e. The van der Waals surface area contributed by atoms with Gasteiger partial charge in [0.2, 0.25) is 5.91 Å². The fourth-order valence-corrected chi connectivity index (χ4v) is 4.83. The summed E-state index contributed by atoms with van der Waals surface area (Å²) < 4.78 is 1.88. The molecule has 5 heteroatoms. The molecule has 1 aliphatic carbocycles. The number of amides is 1. The van der Waals surface area contributed by atoms with E-state index in [0.29, 0.717) is 18.2 Å². The summed E-state index contributed by atoms with van der Waals surface area (Å²) in [7, 11) is 0. The highest BCUT2D eigenvalue weighted by Gasteiger charge is 2.31. The lowest BCUT2D eigenvalue weighted by atomic mass is 9.87. The molecule has 3 unspecified atom stereocenters. The van der Waals surface area contributed by atoms with Crippen molar-refractivity contribution in [2.45, 2.75) is 64.8 Å². The number of Topliss-reactive ketones (excluding diaryl/α,β-unsaturated/α-hetero) is 1. The van der Waals surface area contributed by atoms with Crippen molar-refractivity contribution in [1.82, 2.24) is 9.55 Å². The number of aromatic nitrogens is 2. The second-order valence-corrected chi connectivity index (χ2v) is 9.23. The maximum absolute atomic E-state index is 13.9. The Morgan fingerprint density at radius 3 is 2.72 bits per heavy atom. The first-order valence-electron chi connectivity index (χ1n) is 11.9. The van der Waals surface area contributed by atoms with Gasteiger partial charge in [-0.1, -0.05) is 69.5 Å². The van der Waals surface area contributed by atoms with Crippen LogP contribution < -0.4 is 5.32 Å². The van der Waals surface area contributed by atoms with E-state index < -0.39 is 6.04 Å². The highest BCUT2D eigenvalue weighted by molar-refractivity contribution is 5.91. The van der Waals surface area contributed by atoms with E-state index in [1.165, 1.54) is 6.42 Å². The highest BCUT2D eigenvalue weighted by atomic mass is 16.1. The Kier molecular flexibility index (Phi) is 7.03. The van der Waals surface area contributed by atoms with Crippen molar-refractivity contribution < 1.29 is 9.59 Å². The first kappa shape index (κ1) is 22.3. The van der Waals surface area contributed by atoms with Crippen LogP contribution in [0.5, 0.6) is 0 Å². The molecule has 4 rings (SSSR count). The Balaban J connectivity index is 1.68. The van der Waals surface area contributed by atoms with E-state index in [0.717, 1.165) is 48.4 Å². The van der Waals surface area contributed by atoms with E-state index in [2.05, 4.69) is 47.6 Å². The molecule has 0 saturated heterocycles. The number of fused-ring (bicyclic) bond motifs is 1. The van der Waals surface area contributed by atoms with E-state index in [1.54, 1.807) is 12.5 Å². The topological polar surface area (TPSA) is 64.0 Å². The van der Waals surface area contributed by atoms with Crippen molar-refractivity contribution in [3.05, 3.63) is 60.6 Å². The van der Waals surface area contributed by atoms with Gasteiger partial charge in [-0.2, -0.15) is 0 Å². The molecular formula is C27H33N3O2. The molecule has 1 saturated carbocycles. The maximum atomic E-state index is 13.9. The zero-order chi connectivity index (χ0) is 22.5. The molecule has 3 atom stereocenters. The van der Waals surface area contributed by atoms with Crippen LogP contribution in [0.4, 0.5) is 5.82 Å². The maximum Gasteiger partial charge on any atom is 0.225 e. The fraction of sp³-hybridized carbons (Fsp3) is 0.444. The minimum absolute atomic E-state index is 0.0518. The Labute approximate surface area is 190 Å². The molecule has 1 aliphatic rings. The number of ketones is 1. The summed E-state index contributed by atoms with van der Waals surface area (Å²) in [5.74, 6) is 1.43. The van der Waals surface area contributed by atoms with Gasteiger partial charge in [-0.3, -0.25) is 9.59 Å². The minimum Gasteiger partial charge on any atom is -0.321 e. The Bertz CT molecular complexity index is 1090. The third-order valence-corrected chi connectivity index (χ3v) is 6.66. The van der Waals surface area contributed by atoms with Crippen molar-refractivity contribution in [2.75, 3.05) is 5.32 Å². The number of hydrogen-bond donors (Lipinski definition) is 1. The summed E-state index contributed by atoms with van der Waals surface area (Å²) in [5, 5.41) is 5.13. The van der Waals surface area contributed by atoms with Crippen LogP contribution in [0.25, 0.3) is 10.8 Å². The standard InChI is InChI=1S/C27H33N3O2/c1-3-7-25(31)29-24-17-30(18-28-24)26(27(32)21-11-6-8-19(2)12-13-21)23-15-14-20-9-4-5-10-22(20)16-23/h4-5,9-10,14-19,21,26H,3,6-8,11-13H2,1-2H3,(H,29,31). The molecule has 1 fully saturated rings. The molecule has 0 radical (unpaired) electrons. The van der Waals surface area contributed by atoms with Crippen LogP contribution in [0, 0.1) is 11.8 Å². The minimum atomic E-state index is -0.442. The second-order valence-electron chi connectivity index (χ2n) is 9.23. The molecule has 1 heterocycles. The number of carbonyl (C=O) groups excluding carboxylic acids is 2. The second kappa shape index (κ2) is 10.1. The van der Waals surface area contributed by atoms with E-state index >= 15 is 0 Å². The summed E-state index contributed by atoms with van der Waals surface area (Å²) in [5.41, 5.74) is 0.967. The molecule has 3 aromatic rings. The first-order valence-corrected chi connectivity index (χ1v) is 11.9. The van der Waals surface area contributed by atoms with Crippen LogP contribution in [0.15, 0.2) is 55.0 Å². The lowest BCUT2D eigenvalue weighted by molar-refractivity contribution is -0.125. The van der Waals surface area contributed by atoms with Crippen molar-refractivity contribution in [1.29, 1.82) is 0 Å². The lowest BCUT2D eigenvalue weighted by Gasteiger charge is -2.23. The van der Waals surface area contributed by atoms with Crippen molar-refractivity contribution >= 4 is 28.3 Å². The summed E-state index contributed by atoms with van der Waals surface area (Å²) in [6, 6.07) is 14.0. The quantitative estimate of drug-likeness (QED) is 0.456. The average molecular weight is 432 g/mol. The van der Waals surface area contributed by atoms with Crippen LogP contribution in [0.2, 0.25) is 0 Å². The molecule has 1 aromatic heterocycles. The summed E-state index contributed by atoms with van der Waals surface area (Å²) in [6.07, 6.45) is 10.0. The van der Waals surface area contributed by atoms with Crippen LogP contribution in [-0.2, 0) is 9.59 Å². The zero-order valence-corrected chi connectivity index (χ0v) is 19.1.